The highest BCUT2D eigenvalue weighted by molar-refractivity contribution is 5.35. The lowest BCUT2D eigenvalue weighted by Gasteiger charge is -2.23. The van der Waals surface area contributed by atoms with Gasteiger partial charge in [0.15, 0.2) is 0 Å². The predicted octanol–water partition coefficient (Wildman–Crippen LogP) is 2.93. The van der Waals surface area contributed by atoms with E-state index in [9.17, 15) is 19.6 Å². The van der Waals surface area contributed by atoms with Gasteiger partial charge in [0.25, 0.3) is 0 Å². The third-order valence-electron chi connectivity index (χ3n) is 3.16. The molecule has 18 heavy (non-hydrogen) atoms. The molecule has 0 bridgehead atoms. The number of aliphatic hydroxyl groups excluding tert-OH is 1. The highest BCUT2D eigenvalue weighted by Crippen LogP contribution is 2.24. The Morgan fingerprint density at radius 3 is 2.39 bits per heavy atom. The SMILES string of the molecule is CC(C)C(Cc1ccc([N+](=O)[O-])c(F)c1)C(C)O. The normalized spacial score (nSPS) is 14.6. The Morgan fingerprint density at radius 1 is 1.39 bits per heavy atom. The van der Waals surface area contributed by atoms with Crippen molar-refractivity contribution in [3.63, 3.8) is 0 Å². The van der Waals surface area contributed by atoms with E-state index in [-0.39, 0.29) is 11.8 Å². The van der Waals surface area contributed by atoms with Gasteiger partial charge in [0.1, 0.15) is 0 Å². The molecule has 1 N–H and O–H groups in total. The lowest BCUT2D eigenvalue weighted by atomic mass is 9.85. The first kappa shape index (κ1) is 14.6. The molecule has 0 saturated carbocycles. The van der Waals surface area contributed by atoms with Crippen LogP contribution in [-0.4, -0.2) is 16.1 Å². The lowest BCUT2D eigenvalue weighted by Crippen LogP contribution is -2.24. The highest BCUT2D eigenvalue weighted by atomic mass is 19.1. The van der Waals surface area contributed by atoms with Crippen molar-refractivity contribution in [1.29, 1.82) is 0 Å². The van der Waals surface area contributed by atoms with Gasteiger partial charge in [-0.3, -0.25) is 10.1 Å². The number of nitro benzene ring substituents is 1. The van der Waals surface area contributed by atoms with Crippen molar-refractivity contribution in [2.75, 3.05) is 0 Å². The van der Waals surface area contributed by atoms with Gasteiger partial charge >= 0.3 is 5.69 Å². The molecule has 1 rings (SSSR count). The Bertz CT molecular complexity index is 424. The fourth-order valence-corrected chi connectivity index (χ4v) is 2.06. The second-order valence-electron chi connectivity index (χ2n) is 4.90. The van der Waals surface area contributed by atoms with Crippen molar-refractivity contribution >= 4 is 5.69 Å². The van der Waals surface area contributed by atoms with Crippen molar-refractivity contribution in [3.05, 3.63) is 39.7 Å². The first-order valence-corrected chi connectivity index (χ1v) is 5.93. The quantitative estimate of drug-likeness (QED) is 0.650. The zero-order chi connectivity index (χ0) is 13.9. The van der Waals surface area contributed by atoms with Crippen LogP contribution in [0.15, 0.2) is 18.2 Å². The summed E-state index contributed by atoms with van der Waals surface area (Å²) in [4.78, 5) is 9.75. The van der Waals surface area contributed by atoms with E-state index in [0.717, 1.165) is 0 Å². The van der Waals surface area contributed by atoms with Gasteiger partial charge in [-0.25, -0.2) is 0 Å². The molecule has 5 heteroatoms. The fourth-order valence-electron chi connectivity index (χ4n) is 2.06. The first-order chi connectivity index (χ1) is 8.32. The van der Waals surface area contributed by atoms with Crippen LogP contribution in [0.1, 0.15) is 26.3 Å². The number of benzene rings is 1. The Morgan fingerprint density at radius 2 is 2.00 bits per heavy atom. The Labute approximate surface area is 106 Å². The van der Waals surface area contributed by atoms with E-state index < -0.39 is 22.5 Å². The van der Waals surface area contributed by atoms with Gasteiger partial charge in [-0.1, -0.05) is 19.9 Å². The molecule has 1 aromatic carbocycles. The summed E-state index contributed by atoms with van der Waals surface area (Å²) < 4.78 is 13.4. The van der Waals surface area contributed by atoms with Crippen LogP contribution < -0.4 is 0 Å². The number of rotatable bonds is 5. The Kier molecular flexibility index (Phi) is 4.78. The third-order valence-corrected chi connectivity index (χ3v) is 3.16. The summed E-state index contributed by atoms with van der Waals surface area (Å²) in [7, 11) is 0. The predicted molar refractivity (Wildman–Crippen MR) is 66.8 cm³/mol. The van der Waals surface area contributed by atoms with Crippen molar-refractivity contribution in [3.8, 4) is 0 Å². The standard InChI is InChI=1S/C13H18FNO3/c1-8(2)11(9(3)16)6-10-4-5-13(15(17)18)12(14)7-10/h4-5,7-9,11,16H,6H2,1-3H3. The van der Waals surface area contributed by atoms with Gasteiger partial charge in [0, 0.05) is 6.07 Å². The Balaban J connectivity index is 2.92. The molecule has 0 fully saturated rings. The van der Waals surface area contributed by atoms with E-state index in [0.29, 0.717) is 12.0 Å². The van der Waals surface area contributed by atoms with Crippen LogP contribution in [0.4, 0.5) is 10.1 Å². The smallest absolute Gasteiger partial charge is 0.304 e. The number of hydrogen-bond donors (Lipinski definition) is 1. The third kappa shape index (κ3) is 3.50. The summed E-state index contributed by atoms with van der Waals surface area (Å²) in [6.07, 6.45) is 0.00723. The molecule has 1 aromatic rings. The number of nitrogens with zero attached hydrogens (tertiary/aromatic N) is 1. The zero-order valence-corrected chi connectivity index (χ0v) is 10.8. The minimum atomic E-state index is -0.828. The van der Waals surface area contributed by atoms with Gasteiger partial charge in [0.2, 0.25) is 5.82 Å². The van der Waals surface area contributed by atoms with Gasteiger partial charge in [0.05, 0.1) is 11.0 Å². The maximum atomic E-state index is 13.4. The summed E-state index contributed by atoms with van der Waals surface area (Å²) in [5.41, 5.74) is 0.148. The van der Waals surface area contributed by atoms with Gasteiger partial charge in [-0.05, 0) is 36.8 Å². The molecular formula is C13H18FNO3. The van der Waals surface area contributed by atoms with E-state index in [4.69, 9.17) is 0 Å². The first-order valence-electron chi connectivity index (χ1n) is 5.93. The molecule has 0 radical (unpaired) electrons. The van der Waals surface area contributed by atoms with Crippen LogP contribution >= 0.6 is 0 Å². The van der Waals surface area contributed by atoms with Gasteiger partial charge < -0.3 is 5.11 Å². The minimum absolute atomic E-state index is 0.00542. The van der Waals surface area contributed by atoms with Crippen LogP contribution in [0.25, 0.3) is 0 Å². The summed E-state index contributed by atoms with van der Waals surface area (Å²) in [6.45, 7) is 5.67. The second-order valence-corrected chi connectivity index (χ2v) is 4.90. The number of nitro groups is 1. The molecule has 0 saturated heterocycles. The van der Waals surface area contributed by atoms with E-state index in [1.54, 1.807) is 13.0 Å². The summed E-state index contributed by atoms with van der Waals surface area (Å²) in [5, 5.41) is 20.2. The Hall–Kier alpha value is -1.49. The van der Waals surface area contributed by atoms with Crippen molar-refractivity contribution in [2.24, 2.45) is 11.8 Å². The maximum Gasteiger partial charge on any atom is 0.304 e. The highest BCUT2D eigenvalue weighted by Gasteiger charge is 2.21. The molecule has 0 aromatic heterocycles. The van der Waals surface area contributed by atoms with E-state index in [1.807, 2.05) is 13.8 Å². The molecule has 0 heterocycles. The van der Waals surface area contributed by atoms with Crippen LogP contribution in [0.3, 0.4) is 0 Å². The lowest BCUT2D eigenvalue weighted by molar-refractivity contribution is -0.387. The molecule has 0 aliphatic heterocycles. The minimum Gasteiger partial charge on any atom is -0.393 e. The van der Waals surface area contributed by atoms with E-state index in [2.05, 4.69) is 0 Å². The van der Waals surface area contributed by atoms with Crippen LogP contribution in [-0.2, 0) is 6.42 Å². The van der Waals surface area contributed by atoms with E-state index >= 15 is 0 Å². The molecule has 2 atom stereocenters. The topological polar surface area (TPSA) is 63.4 Å². The molecule has 4 nitrogen and oxygen atoms in total. The van der Waals surface area contributed by atoms with Crippen molar-refractivity contribution in [1.82, 2.24) is 0 Å². The van der Waals surface area contributed by atoms with Crippen molar-refractivity contribution < 1.29 is 14.4 Å². The van der Waals surface area contributed by atoms with Crippen LogP contribution in [0.5, 0.6) is 0 Å². The van der Waals surface area contributed by atoms with Crippen LogP contribution in [0, 0.1) is 27.8 Å². The second kappa shape index (κ2) is 5.91. The fraction of sp³-hybridized carbons (Fsp3) is 0.538. The molecular weight excluding hydrogens is 237 g/mol. The van der Waals surface area contributed by atoms with Gasteiger partial charge in [-0.2, -0.15) is 4.39 Å². The maximum absolute atomic E-state index is 13.4. The molecule has 0 spiro atoms. The average Bonchev–Trinajstić information content (AvgIpc) is 2.24. The average molecular weight is 255 g/mol. The molecule has 0 amide bonds. The van der Waals surface area contributed by atoms with Gasteiger partial charge in [-0.15, -0.1) is 0 Å². The number of aliphatic hydroxyl groups is 1. The number of hydrogen-bond acceptors (Lipinski definition) is 3. The summed E-state index contributed by atoms with van der Waals surface area (Å²) in [5.74, 6) is -0.570. The largest absolute Gasteiger partial charge is 0.393 e. The number of halogens is 1. The molecule has 0 aliphatic rings. The summed E-state index contributed by atoms with van der Waals surface area (Å²) >= 11 is 0. The zero-order valence-electron chi connectivity index (χ0n) is 10.8. The monoisotopic (exact) mass is 255 g/mol. The van der Waals surface area contributed by atoms with Crippen molar-refractivity contribution in [2.45, 2.75) is 33.3 Å². The summed E-state index contributed by atoms with van der Waals surface area (Å²) in [6, 6.07) is 3.89. The molecule has 100 valence electrons. The van der Waals surface area contributed by atoms with Crippen LogP contribution in [0.2, 0.25) is 0 Å². The molecule has 0 aliphatic carbocycles. The van der Waals surface area contributed by atoms with E-state index in [1.165, 1.54) is 12.1 Å². The molecule has 2 unspecified atom stereocenters.